The molecule has 2 heterocycles. The zero-order valence-corrected chi connectivity index (χ0v) is 13.9. The van der Waals surface area contributed by atoms with Crippen LogP contribution in [-0.2, 0) is 4.79 Å². The Morgan fingerprint density at radius 1 is 1.08 bits per heavy atom. The van der Waals surface area contributed by atoms with Gasteiger partial charge in [0.15, 0.2) is 0 Å². The Morgan fingerprint density at radius 3 is 2.56 bits per heavy atom. The first kappa shape index (κ1) is 17.0. The number of aromatic nitrogens is 1. The van der Waals surface area contributed by atoms with E-state index in [1.807, 2.05) is 42.5 Å². The van der Waals surface area contributed by atoms with E-state index in [2.05, 4.69) is 20.9 Å². The van der Waals surface area contributed by atoms with Crippen LogP contribution in [0.25, 0.3) is 0 Å². The summed E-state index contributed by atoms with van der Waals surface area (Å²) >= 11 is 0. The summed E-state index contributed by atoms with van der Waals surface area (Å²) in [5, 5.41) is 8.61. The SMILES string of the molecule is O=C(N[C@@H](c1ccccc1)c1ccncc1)N[C@H]1CCCCNC1=O. The molecule has 1 aliphatic heterocycles. The average molecular weight is 338 g/mol. The lowest BCUT2D eigenvalue weighted by atomic mass is 10.00. The van der Waals surface area contributed by atoms with Gasteiger partial charge < -0.3 is 16.0 Å². The van der Waals surface area contributed by atoms with E-state index in [0.29, 0.717) is 13.0 Å². The number of urea groups is 1. The highest BCUT2D eigenvalue weighted by Gasteiger charge is 2.24. The van der Waals surface area contributed by atoms with E-state index >= 15 is 0 Å². The largest absolute Gasteiger partial charge is 0.354 e. The molecule has 3 rings (SSSR count). The van der Waals surface area contributed by atoms with Crippen molar-refractivity contribution in [1.29, 1.82) is 0 Å². The minimum Gasteiger partial charge on any atom is -0.354 e. The molecule has 2 atom stereocenters. The summed E-state index contributed by atoms with van der Waals surface area (Å²) in [5.41, 5.74) is 1.90. The number of nitrogens with one attached hydrogen (secondary N) is 3. The highest BCUT2D eigenvalue weighted by molar-refractivity contribution is 5.87. The van der Waals surface area contributed by atoms with Crippen LogP contribution < -0.4 is 16.0 Å². The summed E-state index contributed by atoms with van der Waals surface area (Å²) in [6.45, 7) is 0.669. The lowest BCUT2D eigenvalue weighted by Gasteiger charge is -2.22. The number of pyridine rings is 1. The Kier molecular flexibility index (Phi) is 5.61. The number of carbonyl (C=O) groups excluding carboxylic acids is 2. The quantitative estimate of drug-likeness (QED) is 0.799. The van der Waals surface area contributed by atoms with E-state index in [0.717, 1.165) is 24.0 Å². The van der Waals surface area contributed by atoms with Crippen LogP contribution in [0.5, 0.6) is 0 Å². The van der Waals surface area contributed by atoms with Crippen LogP contribution in [0, 0.1) is 0 Å². The molecule has 1 aromatic heterocycles. The topological polar surface area (TPSA) is 83.1 Å². The number of amides is 3. The van der Waals surface area contributed by atoms with Gasteiger partial charge in [-0.25, -0.2) is 4.79 Å². The predicted octanol–water partition coefficient (Wildman–Crippen LogP) is 2.14. The van der Waals surface area contributed by atoms with Crippen LogP contribution in [0.2, 0.25) is 0 Å². The van der Waals surface area contributed by atoms with E-state index in [4.69, 9.17) is 0 Å². The van der Waals surface area contributed by atoms with Gasteiger partial charge >= 0.3 is 6.03 Å². The number of hydrogen-bond donors (Lipinski definition) is 3. The fourth-order valence-corrected chi connectivity index (χ4v) is 2.97. The van der Waals surface area contributed by atoms with E-state index in [1.165, 1.54) is 0 Å². The van der Waals surface area contributed by atoms with Crippen molar-refractivity contribution in [1.82, 2.24) is 20.9 Å². The van der Waals surface area contributed by atoms with Crippen molar-refractivity contribution in [2.75, 3.05) is 6.54 Å². The third-order valence-electron chi connectivity index (χ3n) is 4.29. The molecular formula is C19H22N4O2. The van der Waals surface area contributed by atoms with Crippen LogP contribution in [0.1, 0.15) is 36.4 Å². The molecule has 2 aromatic rings. The molecule has 25 heavy (non-hydrogen) atoms. The predicted molar refractivity (Wildman–Crippen MR) is 94.8 cm³/mol. The van der Waals surface area contributed by atoms with Gasteiger partial charge in [-0.05, 0) is 42.5 Å². The molecule has 1 aromatic carbocycles. The molecule has 0 spiro atoms. The fourth-order valence-electron chi connectivity index (χ4n) is 2.97. The minimum atomic E-state index is -0.489. The van der Waals surface area contributed by atoms with Crippen LogP contribution in [0.3, 0.4) is 0 Å². The number of benzene rings is 1. The van der Waals surface area contributed by atoms with E-state index in [1.54, 1.807) is 12.4 Å². The van der Waals surface area contributed by atoms with Gasteiger partial charge in [0.05, 0.1) is 6.04 Å². The summed E-state index contributed by atoms with van der Waals surface area (Å²) in [6.07, 6.45) is 5.91. The first-order valence-electron chi connectivity index (χ1n) is 8.53. The second-order valence-electron chi connectivity index (χ2n) is 6.08. The average Bonchev–Trinajstić information content (AvgIpc) is 2.86. The monoisotopic (exact) mass is 338 g/mol. The number of nitrogens with zero attached hydrogens (tertiary/aromatic N) is 1. The van der Waals surface area contributed by atoms with Gasteiger partial charge in [0.25, 0.3) is 0 Å². The molecule has 1 fully saturated rings. The maximum Gasteiger partial charge on any atom is 0.316 e. The lowest BCUT2D eigenvalue weighted by Crippen LogP contribution is -2.49. The molecule has 0 saturated carbocycles. The molecule has 1 aliphatic rings. The maximum absolute atomic E-state index is 12.5. The normalized spacial score (nSPS) is 18.6. The van der Waals surface area contributed by atoms with Crippen molar-refractivity contribution in [2.24, 2.45) is 0 Å². The zero-order valence-electron chi connectivity index (χ0n) is 13.9. The smallest absolute Gasteiger partial charge is 0.316 e. The molecule has 3 N–H and O–H groups in total. The molecule has 6 nitrogen and oxygen atoms in total. The van der Waals surface area contributed by atoms with E-state index in [-0.39, 0.29) is 18.0 Å². The number of hydrogen-bond acceptors (Lipinski definition) is 3. The summed E-state index contributed by atoms with van der Waals surface area (Å²) < 4.78 is 0. The van der Waals surface area contributed by atoms with Gasteiger partial charge in [0.1, 0.15) is 6.04 Å². The van der Waals surface area contributed by atoms with Gasteiger partial charge in [-0.3, -0.25) is 9.78 Å². The van der Waals surface area contributed by atoms with Crippen LogP contribution in [0.15, 0.2) is 54.9 Å². The van der Waals surface area contributed by atoms with E-state index in [9.17, 15) is 9.59 Å². The zero-order chi connectivity index (χ0) is 17.5. The molecule has 0 radical (unpaired) electrons. The molecule has 130 valence electrons. The van der Waals surface area contributed by atoms with Crippen molar-refractivity contribution < 1.29 is 9.59 Å². The highest BCUT2D eigenvalue weighted by Crippen LogP contribution is 2.21. The van der Waals surface area contributed by atoms with Gasteiger partial charge in [-0.15, -0.1) is 0 Å². The van der Waals surface area contributed by atoms with Crippen molar-refractivity contribution >= 4 is 11.9 Å². The standard InChI is InChI=1S/C19H22N4O2/c24-18-16(8-4-5-11-21-18)22-19(25)23-17(14-6-2-1-3-7-14)15-9-12-20-13-10-15/h1-3,6-7,9-10,12-13,16-17H,4-5,8,11H2,(H,21,24)(H2,22,23,25)/t16-,17-/m0/s1. The Labute approximate surface area is 147 Å². The lowest BCUT2D eigenvalue weighted by molar-refractivity contribution is -0.122. The van der Waals surface area contributed by atoms with Crippen molar-refractivity contribution in [3.63, 3.8) is 0 Å². The second-order valence-corrected chi connectivity index (χ2v) is 6.08. The third-order valence-corrected chi connectivity index (χ3v) is 4.29. The Balaban J connectivity index is 1.74. The van der Waals surface area contributed by atoms with Crippen molar-refractivity contribution in [2.45, 2.75) is 31.3 Å². The summed E-state index contributed by atoms with van der Waals surface area (Å²) in [4.78, 5) is 28.6. The van der Waals surface area contributed by atoms with Crippen LogP contribution in [-0.4, -0.2) is 29.5 Å². The molecule has 0 bridgehead atoms. The van der Waals surface area contributed by atoms with Gasteiger partial charge in [-0.1, -0.05) is 30.3 Å². The first-order valence-corrected chi connectivity index (χ1v) is 8.53. The molecular weight excluding hydrogens is 316 g/mol. The summed E-state index contributed by atoms with van der Waals surface area (Å²) in [5.74, 6) is -0.118. The van der Waals surface area contributed by atoms with E-state index < -0.39 is 6.04 Å². The highest BCUT2D eigenvalue weighted by atomic mass is 16.2. The minimum absolute atomic E-state index is 0.118. The Bertz CT molecular complexity index is 666. The molecule has 1 saturated heterocycles. The first-order chi connectivity index (χ1) is 12.2. The Morgan fingerprint density at radius 2 is 1.80 bits per heavy atom. The number of carbonyl (C=O) groups is 2. The Hall–Kier alpha value is -2.89. The second kappa shape index (κ2) is 8.28. The summed E-state index contributed by atoms with van der Waals surface area (Å²) in [7, 11) is 0. The summed E-state index contributed by atoms with van der Waals surface area (Å²) in [6, 6.07) is 12.3. The molecule has 0 unspecified atom stereocenters. The van der Waals surface area contributed by atoms with Crippen LogP contribution in [0.4, 0.5) is 4.79 Å². The van der Waals surface area contributed by atoms with Gasteiger partial charge in [-0.2, -0.15) is 0 Å². The molecule has 6 heteroatoms. The fraction of sp³-hybridized carbons (Fsp3) is 0.316. The number of rotatable bonds is 4. The van der Waals surface area contributed by atoms with Gasteiger partial charge in [0.2, 0.25) is 5.91 Å². The van der Waals surface area contributed by atoms with Crippen molar-refractivity contribution in [3.05, 3.63) is 66.0 Å². The third kappa shape index (κ3) is 4.56. The molecule has 3 amide bonds. The maximum atomic E-state index is 12.5. The van der Waals surface area contributed by atoms with Crippen molar-refractivity contribution in [3.8, 4) is 0 Å². The van der Waals surface area contributed by atoms with Crippen LogP contribution >= 0.6 is 0 Å². The molecule has 0 aliphatic carbocycles. The van der Waals surface area contributed by atoms with Gasteiger partial charge in [0, 0.05) is 18.9 Å².